The minimum Gasteiger partial charge on any atom is -0.629 e. The molecular formula is C53H68FN9O8S. The number of anilines is 2. The highest BCUT2D eigenvalue weighted by atomic mass is 32.2. The van der Waals surface area contributed by atoms with Crippen LogP contribution in [0.1, 0.15) is 106 Å². The molecule has 17 nitrogen and oxygen atoms in total. The number of halogens is 1. The van der Waals surface area contributed by atoms with E-state index in [1.54, 1.807) is 12.1 Å². The van der Waals surface area contributed by atoms with Crippen molar-refractivity contribution in [2.24, 2.45) is 11.3 Å². The number of sulfonamides is 1. The molecule has 3 saturated heterocycles. The third-order valence-electron chi connectivity index (χ3n) is 16.3. The summed E-state index contributed by atoms with van der Waals surface area (Å²) in [5, 5.41) is 26.2. The Morgan fingerprint density at radius 1 is 1.03 bits per heavy atom. The van der Waals surface area contributed by atoms with Crippen LogP contribution in [-0.2, 0) is 14.8 Å². The predicted octanol–water partition coefficient (Wildman–Crippen LogP) is 6.64. The van der Waals surface area contributed by atoms with Crippen molar-refractivity contribution >= 4 is 44.2 Å². The summed E-state index contributed by atoms with van der Waals surface area (Å²) in [5.41, 5.74) is 3.34. The number of hydroxylamine groups is 1. The molecule has 72 heavy (non-hydrogen) atoms. The van der Waals surface area contributed by atoms with Gasteiger partial charge in [0.2, 0.25) is 0 Å². The number of hydrogen-bond donors (Lipinski definition) is 5. The molecule has 19 heteroatoms. The molecule has 1 spiro atoms. The van der Waals surface area contributed by atoms with E-state index in [-0.39, 0.29) is 61.7 Å². The Labute approximate surface area is 421 Å². The van der Waals surface area contributed by atoms with E-state index in [2.05, 4.69) is 77.8 Å². The van der Waals surface area contributed by atoms with Gasteiger partial charge in [0, 0.05) is 81.4 Å². The van der Waals surface area contributed by atoms with Crippen molar-refractivity contribution in [1.82, 2.24) is 29.5 Å². The molecule has 5 fully saturated rings. The van der Waals surface area contributed by atoms with Crippen molar-refractivity contribution in [3.8, 4) is 17.4 Å². The molecule has 2 atom stereocenters. The van der Waals surface area contributed by atoms with Gasteiger partial charge in [-0.1, -0.05) is 38.1 Å². The summed E-state index contributed by atoms with van der Waals surface area (Å²) in [4.78, 5) is 33.0. The zero-order valence-corrected chi connectivity index (χ0v) is 42.7. The van der Waals surface area contributed by atoms with E-state index in [4.69, 9.17) is 14.2 Å². The second-order valence-electron chi connectivity index (χ2n) is 21.5. The number of nitrogens with one attached hydrogen (secondary N) is 4. The maximum atomic E-state index is 14.9. The zero-order valence-electron chi connectivity index (χ0n) is 41.9. The number of H-pyrrole nitrogens is 1. The fourth-order valence-corrected chi connectivity index (χ4v) is 12.7. The van der Waals surface area contributed by atoms with Gasteiger partial charge in [-0.05, 0) is 98.8 Å². The molecule has 3 aromatic heterocycles. The summed E-state index contributed by atoms with van der Waals surface area (Å²) in [7, 11) is -1.86. The molecule has 0 bridgehead atoms. The molecule has 2 saturated carbocycles. The summed E-state index contributed by atoms with van der Waals surface area (Å²) in [6.45, 7) is 13.1. The van der Waals surface area contributed by atoms with Gasteiger partial charge in [0.25, 0.3) is 21.8 Å². The molecule has 386 valence electrons. The number of carbonyl (C=O) groups excluding carboxylic acids is 1. The van der Waals surface area contributed by atoms with Crippen molar-refractivity contribution in [2.45, 2.75) is 107 Å². The number of hydrogen-bond acceptors (Lipinski definition) is 14. The fourth-order valence-electron chi connectivity index (χ4n) is 11.7. The average molecular weight is 1010 g/mol. The van der Waals surface area contributed by atoms with Gasteiger partial charge in [0.15, 0.2) is 17.3 Å². The smallest absolute Gasteiger partial charge is 0.268 e. The van der Waals surface area contributed by atoms with Crippen molar-refractivity contribution in [2.75, 3.05) is 76.9 Å². The summed E-state index contributed by atoms with van der Waals surface area (Å²) in [5.74, 6) is -0.598. The molecule has 1 amide bonds. The van der Waals surface area contributed by atoms with Crippen LogP contribution in [0.4, 0.5) is 21.6 Å². The van der Waals surface area contributed by atoms with Gasteiger partial charge in [-0.25, -0.2) is 22.5 Å². The van der Waals surface area contributed by atoms with Crippen molar-refractivity contribution < 1.29 is 42.0 Å². The van der Waals surface area contributed by atoms with E-state index >= 15 is 0 Å². The Morgan fingerprint density at radius 3 is 2.47 bits per heavy atom. The third-order valence-corrected chi connectivity index (χ3v) is 17.6. The molecule has 10 rings (SSSR count). The van der Waals surface area contributed by atoms with E-state index in [1.807, 2.05) is 6.92 Å². The molecule has 5 aromatic rings. The third kappa shape index (κ3) is 10.3. The van der Waals surface area contributed by atoms with Crippen LogP contribution in [0.3, 0.4) is 0 Å². The SMILES string of the molecule is COc1nc2[nH]cc(F)c2cc1Oc1cc(N2CCC3(CC2)CC(N2CCN(C4COC4)CC2c2ccccc2C(C)C)C3)ccc1C(=O)NS(=O)(=O)c1cnc(NCC2CCC(C)(O)CC2)c([NH+](C)[O-])c1. The Morgan fingerprint density at radius 2 is 1.78 bits per heavy atom. The van der Waals surface area contributed by atoms with Gasteiger partial charge in [0.05, 0.1) is 56.2 Å². The lowest BCUT2D eigenvalue weighted by Gasteiger charge is -2.59. The van der Waals surface area contributed by atoms with Crippen LogP contribution in [0.15, 0.2) is 71.9 Å². The van der Waals surface area contributed by atoms with Gasteiger partial charge >= 0.3 is 0 Å². The number of quaternary nitrogens is 1. The number of piperidine rings is 1. The van der Waals surface area contributed by atoms with Crippen LogP contribution in [0.2, 0.25) is 0 Å². The first-order chi connectivity index (χ1) is 34.5. The number of nitrogens with zero attached hydrogens (tertiary/aromatic N) is 5. The number of piperazine rings is 1. The Hall–Kier alpha value is -5.41. The van der Waals surface area contributed by atoms with Gasteiger partial charge in [0.1, 0.15) is 22.1 Å². The first kappa shape index (κ1) is 50.1. The van der Waals surface area contributed by atoms with E-state index in [9.17, 15) is 27.9 Å². The van der Waals surface area contributed by atoms with Crippen molar-refractivity contribution in [3.63, 3.8) is 0 Å². The first-order valence-electron chi connectivity index (χ1n) is 25.5. The number of ether oxygens (including phenoxy) is 3. The van der Waals surface area contributed by atoms with E-state index in [1.165, 1.54) is 49.7 Å². The van der Waals surface area contributed by atoms with Crippen LogP contribution in [0.5, 0.6) is 17.4 Å². The summed E-state index contributed by atoms with van der Waals surface area (Å²) in [6.07, 6.45) is 9.45. The number of aromatic nitrogens is 3. The highest BCUT2D eigenvalue weighted by Gasteiger charge is 2.50. The molecular weight excluding hydrogens is 942 g/mol. The van der Waals surface area contributed by atoms with Gasteiger partial charge in [-0.3, -0.25) is 14.6 Å². The standard InChI is InChI=1S/C53H68FN9O8S/c1-33(2)39-8-6-7-9-40(39)45-30-62(37-31-70-32-37)20-21-63(45)36-25-53(26-36)16-18-61(19-17-53)35-10-11-41(46(22-35)71-47-24-42-43(54)29-57-48(42)58-51(47)69-5)50(64)59-72(67,68)38-23-44(60(4)66)49(56-28-38)55-27-34-12-14-52(3,65)15-13-34/h6-11,22-24,28-29,33-34,36-37,45,60,65H,12-21,25-27,30-32H2,1-5H3,(H,55,56)(H,57,58)(H,59,64). The molecule has 0 radical (unpaired) electrons. The number of pyridine rings is 2. The number of benzene rings is 2. The number of aromatic amines is 1. The summed E-state index contributed by atoms with van der Waals surface area (Å²) in [6, 6.07) is 17.9. The molecule has 2 aliphatic carbocycles. The zero-order chi connectivity index (χ0) is 50.5. The van der Waals surface area contributed by atoms with E-state index < -0.39 is 32.4 Å². The number of amides is 1. The number of methoxy groups -OCH3 is 1. The van der Waals surface area contributed by atoms with Gasteiger partial charge in [-0.15, -0.1) is 0 Å². The number of aliphatic hydroxyl groups is 1. The largest absolute Gasteiger partial charge is 0.629 e. The lowest BCUT2D eigenvalue weighted by atomic mass is 9.59. The van der Waals surface area contributed by atoms with E-state index in [0.29, 0.717) is 43.4 Å². The predicted molar refractivity (Wildman–Crippen MR) is 272 cm³/mol. The fraction of sp³-hybridized carbons (Fsp3) is 0.528. The number of fused-ring (bicyclic) bond motifs is 1. The van der Waals surface area contributed by atoms with Crippen molar-refractivity contribution in [1.29, 1.82) is 0 Å². The highest BCUT2D eigenvalue weighted by molar-refractivity contribution is 7.90. The molecule has 3 aliphatic heterocycles. The first-order valence-corrected chi connectivity index (χ1v) is 27.0. The topological polar surface area (TPSA) is 202 Å². The van der Waals surface area contributed by atoms with Crippen LogP contribution in [0, 0.1) is 22.4 Å². The van der Waals surface area contributed by atoms with Crippen LogP contribution in [0.25, 0.3) is 11.0 Å². The normalized spacial score (nSPS) is 23.7. The second-order valence-corrected chi connectivity index (χ2v) is 23.1. The van der Waals surface area contributed by atoms with Gasteiger partial charge in [-0.2, -0.15) is 4.98 Å². The Bertz CT molecular complexity index is 2890. The maximum absolute atomic E-state index is 14.9. The lowest BCUT2D eigenvalue weighted by molar-refractivity contribution is -0.751. The molecule has 6 heterocycles. The number of rotatable bonds is 15. The summed E-state index contributed by atoms with van der Waals surface area (Å²) < 4.78 is 62.5. The highest BCUT2D eigenvalue weighted by Crippen LogP contribution is 2.53. The van der Waals surface area contributed by atoms with Crippen LogP contribution < -0.4 is 29.5 Å². The lowest BCUT2D eigenvalue weighted by Crippen LogP contribution is -2.98. The van der Waals surface area contributed by atoms with Crippen molar-refractivity contribution in [3.05, 3.63) is 94.7 Å². The van der Waals surface area contributed by atoms with Crippen LogP contribution in [-0.4, -0.2) is 129 Å². The number of carbonyl (C=O) groups is 1. The molecule has 5 N–H and O–H groups in total. The Kier molecular flexibility index (Phi) is 14.0. The van der Waals surface area contributed by atoms with Gasteiger partial charge < -0.3 is 44.8 Å². The Balaban J connectivity index is 0.862. The molecule has 2 aromatic carbocycles. The minimum atomic E-state index is -4.58. The van der Waals surface area contributed by atoms with Crippen LogP contribution >= 0.6 is 0 Å². The molecule has 2 unspecified atom stereocenters. The summed E-state index contributed by atoms with van der Waals surface area (Å²) >= 11 is 0. The second kappa shape index (κ2) is 20.1. The molecule has 5 aliphatic rings. The van der Waals surface area contributed by atoms with E-state index in [0.717, 1.165) is 96.3 Å². The minimum absolute atomic E-state index is 0.00578. The quantitative estimate of drug-likeness (QED) is 0.0699. The average Bonchev–Trinajstić information content (AvgIpc) is 3.70. The monoisotopic (exact) mass is 1010 g/mol. The maximum Gasteiger partial charge on any atom is 0.268 e.